The number of allylic oxidation sites excluding steroid dienone is 1. The predicted molar refractivity (Wildman–Crippen MR) is 91.4 cm³/mol. The Bertz CT molecular complexity index is 885. The number of benzene rings is 2. The first-order valence-corrected chi connectivity index (χ1v) is 8.11. The van der Waals surface area contributed by atoms with E-state index in [0.29, 0.717) is 11.3 Å². The summed E-state index contributed by atoms with van der Waals surface area (Å²) >= 11 is 0. The SMILES string of the molecule is COc1ccc([C@H]2C[C@@](O)(C(F)(F)F)OC(c3ccccc3)=C2C#N)cc1. The highest BCUT2D eigenvalue weighted by molar-refractivity contribution is 5.70. The minimum atomic E-state index is -5.03. The van der Waals surface area contributed by atoms with E-state index in [1.165, 1.54) is 19.2 Å². The zero-order valence-corrected chi connectivity index (χ0v) is 14.3. The van der Waals surface area contributed by atoms with Crippen molar-refractivity contribution in [3.8, 4) is 11.8 Å². The van der Waals surface area contributed by atoms with Crippen molar-refractivity contribution >= 4 is 5.76 Å². The van der Waals surface area contributed by atoms with Gasteiger partial charge in [-0.05, 0) is 17.7 Å². The lowest BCUT2D eigenvalue weighted by Gasteiger charge is -2.39. The van der Waals surface area contributed by atoms with Gasteiger partial charge in [0.25, 0.3) is 0 Å². The molecule has 27 heavy (non-hydrogen) atoms. The lowest BCUT2D eigenvalue weighted by Crippen LogP contribution is -2.50. The Labute approximate surface area is 154 Å². The zero-order valence-electron chi connectivity index (χ0n) is 14.3. The van der Waals surface area contributed by atoms with Crippen LogP contribution in [0.5, 0.6) is 5.75 Å². The number of halogens is 3. The summed E-state index contributed by atoms with van der Waals surface area (Å²) in [7, 11) is 1.47. The molecule has 3 rings (SSSR count). The van der Waals surface area contributed by atoms with E-state index in [4.69, 9.17) is 9.47 Å². The van der Waals surface area contributed by atoms with Crippen molar-refractivity contribution in [2.24, 2.45) is 0 Å². The van der Waals surface area contributed by atoms with Crippen LogP contribution < -0.4 is 4.74 Å². The fourth-order valence-electron chi connectivity index (χ4n) is 3.03. The molecule has 0 spiro atoms. The normalized spacial score (nSPS) is 22.7. The van der Waals surface area contributed by atoms with Gasteiger partial charge in [0.15, 0.2) is 0 Å². The van der Waals surface area contributed by atoms with Gasteiger partial charge >= 0.3 is 12.0 Å². The van der Waals surface area contributed by atoms with Gasteiger partial charge in [-0.3, -0.25) is 0 Å². The molecule has 1 aliphatic rings. The standard InChI is InChI=1S/C20H16F3NO3/c1-26-15-9-7-13(8-10-15)16-11-19(25,20(21,22)23)27-18(17(16)12-24)14-5-3-2-4-6-14/h2-10,16,25H,11H2,1H3/t16-,19+/m1/s1. The number of nitriles is 1. The molecule has 2 aromatic carbocycles. The summed E-state index contributed by atoms with van der Waals surface area (Å²) in [6.07, 6.45) is -5.85. The van der Waals surface area contributed by atoms with Crippen LogP contribution in [0.3, 0.4) is 0 Å². The fourth-order valence-corrected chi connectivity index (χ4v) is 3.03. The first-order valence-electron chi connectivity index (χ1n) is 8.11. The van der Waals surface area contributed by atoms with E-state index in [0.717, 1.165) is 0 Å². The molecule has 4 nitrogen and oxygen atoms in total. The van der Waals surface area contributed by atoms with Crippen LogP contribution in [0.4, 0.5) is 13.2 Å². The summed E-state index contributed by atoms with van der Waals surface area (Å²) in [4.78, 5) is 0. The van der Waals surface area contributed by atoms with Crippen LogP contribution in [0, 0.1) is 11.3 Å². The summed E-state index contributed by atoms with van der Waals surface area (Å²) in [5.74, 6) is -4.13. The van der Waals surface area contributed by atoms with Crippen molar-refractivity contribution in [1.82, 2.24) is 0 Å². The third-order valence-corrected chi connectivity index (χ3v) is 4.46. The largest absolute Gasteiger partial charge is 0.497 e. The number of nitrogens with zero attached hydrogens (tertiary/aromatic N) is 1. The third-order valence-electron chi connectivity index (χ3n) is 4.46. The molecule has 0 saturated carbocycles. The number of hydrogen-bond donors (Lipinski definition) is 1. The number of ether oxygens (including phenoxy) is 2. The zero-order chi connectivity index (χ0) is 19.7. The number of hydrogen-bond acceptors (Lipinski definition) is 4. The molecule has 1 heterocycles. The van der Waals surface area contributed by atoms with Crippen molar-refractivity contribution in [2.75, 3.05) is 7.11 Å². The van der Waals surface area contributed by atoms with Crippen molar-refractivity contribution < 1.29 is 27.8 Å². The predicted octanol–water partition coefficient (Wildman–Crippen LogP) is 4.38. The lowest BCUT2D eigenvalue weighted by atomic mass is 9.81. The Morgan fingerprint density at radius 1 is 1.15 bits per heavy atom. The Hall–Kier alpha value is -2.98. The number of aliphatic hydroxyl groups is 1. The van der Waals surface area contributed by atoms with Crippen LogP contribution in [0.25, 0.3) is 5.76 Å². The smallest absolute Gasteiger partial charge is 0.455 e. The van der Waals surface area contributed by atoms with Gasteiger partial charge in [-0.15, -0.1) is 0 Å². The molecule has 0 bridgehead atoms. The van der Waals surface area contributed by atoms with Gasteiger partial charge < -0.3 is 14.6 Å². The molecule has 2 aromatic rings. The van der Waals surface area contributed by atoms with Crippen molar-refractivity contribution in [2.45, 2.75) is 24.3 Å². The summed E-state index contributed by atoms with van der Waals surface area (Å²) in [5.41, 5.74) is 0.766. The molecule has 0 radical (unpaired) electrons. The minimum absolute atomic E-state index is 0.0280. The minimum Gasteiger partial charge on any atom is -0.497 e. The van der Waals surface area contributed by atoms with Crippen LogP contribution in [0.1, 0.15) is 23.5 Å². The molecule has 0 saturated heterocycles. The van der Waals surface area contributed by atoms with E-state index in [2.05, 4.69) is 0 Å². The lowest BCUT2D eigenvalue weighted by molar-refractivity contribution is -0.351. The molecule has 1 aliphatic heterocycles. The molecule has 0 fully saturated rings. The summed E-state index contributed by atoms with van der Waals surface area (Å²) in [6.45, 7) is 0. The van der Waals surface area contributed by atoms with Gasteiger partial charge in [-0.1, -0.05) is 42.5 Å². The average Bonchev–Trinajstić information content (AvgIpc) is 2.67. The first kappa shape index (κ1) is 18.8. The number of rotatable bonds is 3. The summed E-state index contributed by atoms with van der Waals surface area (Å²) < 4.78 is 50.7. The van der Waals surface area contributed by atoms with Crippen molar-refractivity contribution in [3.63, 3.8) is 0 Å². The van der Waals surface area contributed by atoms with Gasteiger partial charge in [-0.2, -0.15) is 18.4 Å². The average molecular weight is 375 g/mol. The number of alkyl halides is 3. The quantitative estimate of drug-likeness (QED) is 0.865. The van der Waals surface area contributed by atoms with E-state index in [9.17, 15) is 23.5 Å². The van der Waals surface area contributed by atoms with E-state index in [1.807, 2.05) is 6.07 Å². The highest BCUT2D eigenvalue weighted by atomic mass is 19.4. The van der Waals surface area contributed by atoms with E-state index >= 15 is 0 Å². The topological polar surface area (TPSA) is 62.5 Å². The molecule has 140 valence electrons. The number of methoxy groups -OCH3 is 1. The molecule has 7 heteroatoms. The maximum atomic E-state index is 13.6. The monoisotopic (exact) mass is 375 g/mol. The van der Waals surface area contributed by atoms with Crippen LogP contribution in [-0.2, 0) is 4.74 Å². The maximum Gasteiger partial charge on any atom is 0.455 e. The maximum absolute atomic E-state index is 13.6. The fraction of sp³-hybridized carbons (Fsp3) is 0.250. The van der Waals surface area contributed by atoms with Crippen LogP contribution in [0.2, 0.25) is 0 Å². The highest BCUT2D eigenvalue weighted by Gasteiger charge is 2.60. The van der Waals surface area contributed by atoms with Gasteiger partial charge in [0.1, 0.15) is 11.5 Å². The molecule has 0 aliphatic carbocycles. The second-order valence-electron chi connectivity index (χ2n) is 6.13. The highest BCUT2D eigenvalue weighted by Crippen LogP contribution is 2.49. The molecular formula is C20H16F3NO3. The van der Waals surface area contributed by atoms with E-state index < -0.39 is 24.3 Å². The van der Waals surface area contributed by atoms with Gasteiger partial charge in [0.2, 0.25) is 0 Å². The van der Waals surface area contributed by atoms with Crippen LogP contribution in [-0.4, -0.2) is 24.2 Å². The van der Waals surface area contributed by atoms with Crippen molar-refractivity contribution in [1.29, 1.82) is 5.26 Å². The van der Waals surface area contributed by atoms with E-state index in [1.54, 1.807) is 42.5 Å². The summed E-state index contributed by atoms with van der Waals surface area (Å²) in [5, 5.41) is 19.9. The van der Waals surface area contributed by atoms with Gasteiger partial charge in [0, 0.05) is 17.9 Å². The van der Waals surface area contributed by atoms with Crippen LogP contribution >= 0.6 is 0 Å². The molecule has 0 unspecified atom stereocenters. The van der Waals surface area contributed by atoms with E-state index in [-0.39, 0.29) is 16.9 Å². The Morgan fingerprint density at radius 2 is 1.78 bits per heavy atom. The second kappa shape index (κ2) is 6.97. The summed E-state index contributed by atoms with van der Waals surface area (Å²) in [6, 6.07) is 16.3. The van der Waals surface area contributed by atoms with Gasteiger partial charge in [-0.25, -0.2) is 0 Å². The van der Waals surface area contributed by atoms with Crippen molar-refractivity contribution in [3.05, 3.63) is 71.3 Å². The molecule has 0 aromatic heterocycles. The molecule has 2 atom stereocenters. The van der Waals surface area contributed by atoms with Gasteiger partial charge in [0.05, 0.1) is 18.8 Å². The Morgan fingerprint density at radius 3 is 2.30 bits per heavy atom. The third kappa shape index (κ3) is 3.49. The Kier molecular flexibility index (Phi) is 4.85. The Balaban J connectivity index is 2.18. The molecule has 1 N–H and O–H groups in total. The van der Waals surface area contributed by atoms with Crippen LogP contribution in [0.15, 0.2) is 60.2 Å². The first-order chi connectivity index (χ1) is 12.8. The molecule has 0 amide bonds. The molecular weight excluding hydrogens is 359 g/mol. The second-order valence-corrected chi connectivity index (χ2v) is 6.13.